The van der Waals surface area contributed by atoms with Crippen molar-refractivity contribution in [2.24, 2.45) is 0 Å². The molecule has 0 spiro atoms. The molecule has 0 N–H and O–H groups in total. The molecule has 214 valence electrons. The zero-order valence-electron chi connectivity index (χ0n) is 24.7. The number of pyridine rings is 2. The summed E-state index contributed by atoms with van der Waals surface area (Å²) in [6.45, 7) is 0. The lowest BCUT2D eigenvalue weighted by molar-refractivity contribution is 1.08. The largest absolute Gasteiger partial charge is 0.309 e. The number of hydrogen-bond donors (Lipinski definition) is 0. The van der Waals surface area contributed by atoms with Crippen LogP contribution in [0.25, 0.3) is 77.6 Å². The van der Waals surface area contributed by atoms with Crippen LogP contribution in [0.2, 0.25) is 0 Å². The third-order valence-electron chi connectivity index (χ3n) is 8.83. The minimum absolute atomic E-state index is 0.595. The fourth-order valence-corrected chi connectivity index (χ4v) is 6.85. The molecule has 4 aromatic heterocycles. The summed E-state index contributed by atoms with van der Waals surface area (Å²) in [5.41, 5.74) is 9.37. The number of benzene rings is 5. The topological polar surface area (TPSA) is 59.4 Å². The van der Waals surface area contributed by atoms with Crippen LogP contribution in [0.5, 0.6) is 0 Å². The van der Waals surface area contributed by atoms with Gasteiger partial charge in [-0.15, -0.1) is 0 Å². The Labute approximate surface area is 264 Å². The molecule has 0 aliphatic carbocycles. The van der Waals surface area contributed by atoms with Gasteiger partial charge in [0.15, 0.2) is 0 Å². The highest BCUT2D eigenvalue weighted by Gasteiger charge is 2.19. The van der Waals surface area contributed by atoms with Gasteiger partial charge in [0.2, 0.25) is 0 Å². The lowest BCUT2D eigenvalue weighted by Gasteiger charge is -2.16. The minimum Gasteiger partial charge on any atom is -0.309 e. The van der Waals surface area contributed by atoms with Gasteiger partial charge in [0.05, 0.1) is 50.8 Å². The Morgan fingerprint density at radius 3 is 1.57 bits per heavy atom. The molecule has 0 fully saturated rings. The zero-order chi connectivity index (χ0) is 30.6. The Kier molecular flexibility index (Phi) is 5.81. The van der Waals surface area contributed by atoms with Crippen molar-refractivity contribution in [3.63, 3.8) is 0 Å². The van der Waals surface area contributed by atoms with E-state index in [9.17, 15) is 5.26 Å². The summed E-state index contributed by atoms with van der Waals surface area (Å²) < 4.78 is 4.49. The van der Waals surface area contributed by atoms with Gasteiger partial charge in [-0.3, -0.25) is 4.57 Å². The first-order valence-electron chi connectivity index (χ1n) is 15.2. The van der Waals surface area contributed by atoms with Crippen LogP contribution in [0.15, 0.2) is 152 Å². The third kappa shape index (κ3) is 3.88. The summed E-state index contributed by atoms with van der Waals surface area (Å²) >= 11 is 0. The van der Waals surface area contributed by atoms with Crippen LogP contribution < -0.4 is 0 Å². The summed E-state index contributed by atoms with van der Waals surface area (Å²) in [7, 11) is 0. The maximum absolute atomic E-state index is 9.93. The third-order valence-corrected chi connectivity index (χ3v) is 8.83. The minimum atomic E-state index is 0.595. The fraction of sp³-hybridized carbons (Fsp3) is 0. The molecule has 9 aromatic rings. The summed E-state index contributed by atoms with van der Waals surface area (Å²) in [4.78, 5) is 10.2. The second kappa shape index (κ2) is 10.3. The van der Waals surface area contributed by atoms with Gasteiger partial charge in [-0.25, -0.2) is 9.97 Å². The van der Waals surface area contributed by atoms with Gasteiger partial charge in [0.1, 0.15) is 5.82 Å². The van der Waals surface area contributed by atoms with E-state index in [1.807, 2.05) is 48.7 Å². The van der Waals surface area contributed by atoms with Gasteiger partial charge in [0, 0.05) is 38.9 Å². The van der Waals surface area contributed by atoms with Crippen LogP contribution in [0.4, 0.5) is 0 Å². The molecule has 5 nitrogen and oxygen atoms in total. The van der Waals surface area contributed by atoms with E-state index in [1.54, 1.807) is 0 Å². The number of para-hydroxylation sites is 4. The summed E-state index contributed by atoms with van der Waals surface area (Å²) in [5.74, 6) is 0.826. The summed E-state index contributed by atoms with van der Waals surface area (Å²) in [6, 6.07) is 52.1. The number of hydrogen-bond acceptors (Lipinski definition) is 3. The molecule has 0 aliphatic rings. The Balaban J connectivity index is 1.27. The van der Waals surface area contributed by atoms with Gasteiger partial charge >= 0.3 is 0 Å². The van der Waals surface area contributed by atoms with Crippen LogP contribution in [-0.4, -0.2) is 19.1 Å². The first kappa shape index (κ1) is 25.9. The van der Waals surface area contributed by atoms with Crippen LogP contribution in [0.1, 0.15) is 5.56 Å². The molecule has 0 saturated carbocycles. The highest BCUT2D eigenvalue weighted by atomic mass is 15.1. The highest BCUT2D eigenvalue weighted by molar-refractivity contribution is 6.10. The maximum Gasteiger partial charge on any atom is 0.147 e. The number of fused-ring (bicyclic) bond motifs is 6. The SMILES string of the molecule is N#Cc1ccc(-c2cccc(-c3cccnc3-n3c4ccccc4c4ccccc43)n2)c(-n2c3ccccc3c3ccccc32)c1. The van der Waals surface area contributed by atoms with Crippen molar-refractivity contribution in [3.05, 3.63) is 157 Å². The molecule has 0 amide bonds. The van der Waals surface area contributed by atoms with E-state index in [4.69, 9.17) is 9.97 Å². The molecule has 5 heteroatoms. The predicted octanol–water partition coefficient (Wildman–Crippen LogP) is 9.88. The molecule has 5 aromatic carbocycles. The van der Waals surface area contributed by atoms with Crippen LogP contribution in [-0.2, 0) is 0 Å². The van der Waals surface area contributed by atoms with E-state index in [0.717, 1.165) is 56.1 Å². The normalized spacial score (nSPS) is 11.5. The standard InChI is InChI=1S/C41H25N5/c42-26-27-22-23-32(40(25-27)45-36-18-5-1-11-28(36)29-12-2-6-19-37(29)45)34-16-9-17-35(44-34)33-15-10-24-43-41(33)46-38-20-7-3-13-30(38)31-14-4-8-21-39(31)46/h1-25H. The quantitative estimate of drug-likeness (QED) is 0.206. The van der Waals surface area contributed by atoms with E-state index < -0.39 is 0 Å². The van der Waals surface area contributed by atoms with Gasteiger partial charge in [-0.05, 0) is 66.7 Å². The van der Waals surface area contributed by atoms with Crippen molar-refractivity contribution in [3.8, 4) is 40.1 Å². The van der Waals surface area contributed by atoms with Crippen molar-refractivity contribution in [1.82, 2.24) is 19.1 Å². The monoisotopic (exact) mass is 587 g/mol. The molecule has 0 saturated heterocycles. The van der Waals surface area contributed by atoms with E-state index in [2.05, 4.69) is 118 Å². The smallest absolute Gasteiger partial charge is 0.147 e. The Morgan fingerprint density at radius 1 is 0.478 bits per heavy atom. The maximum atomic E-state index is 9.93. The Morgan fingerprint density at radius 2 is 1.00 bits per heavy atom. The van der Waals surface area contributed by atoms with Crippen LogP contribution in [0.3, 0.4) is 0 Å². The lowest BCUT2D eigenvalue weighted by atomic mass is 10.0. The summed E-state index contributed by atoms with van der Waals surface area (Å²) in [5, 5.41) is 14.6. The second-order valence-electron chi connectivity index (χ2n) is 11.4. The molecule has 0 atom stereocenters. The lowest BCUT2D eigenvalue weighted by Crippen LogP contribution is -2.02. The molecule has 0 radical (unpaired) electrons. The van der Waals surface area contributed by atoms with Crippen LogP contribution >= 0.6 is 0 Å². The van der Waals surface area contributed by atoms with E-state index >= 15 is 0 Å². The first-order chi connectivity index (χ1) is 22.8. The zero-order valence-corrected chi connectivity index (χ0v) is 24.7. The number of nitrogens with zero attached hydrogens (tertiary/aromatic N) is 5. The van der Waals surface area contributed by atoms with Gasteiger partial charge < -0.3 is 4.57 Å². The van der Waals surface area contributed by atoms with Crippen molar-refractivity contribution >= 4 is 43.6 Å². The molecule has 0 unspecified atom stereocenters. The average Bonchev–Trinajstić information content (AvgIpc) is 3.64. The number of nitriles is 1. The average molecular weight is 588 g/mol. The Hall–Kier alpha value is -6.51. The predicted molar refractivity (Wildman–Crippen MR) is 186 cm³/mol. The van der Waals surface area contributed by atoms with Crippen molar-refractivity contribution < 1.29 is 0 Å². The van der Waals surface area contributed by atoms with E-state index in [1.165, 1.54) is 21.5 Å². The molecule has 46 heavy (non-hydrogen) atoms. The van der Waals surface area contributed by atoms with Crippen molar-refractivity contribution in [2.75, 3.05) is 0 Å². The number of rotatable bonds is 4. The molecular weight excluding hydrogens is 562 g/mol. The van der Waals surface area contributed by atoms with Gasteiger partial charge in [-0.1, -0.05) is 78.9 Å². The first-order valence-corrected chi connectivity index (χ1v) is 15.2. The van der Waals surface area contributed by atoms with Crippen molar-refractivity contribution in [1.29, 1.82) is 5.26 Å². The van der Waals surface area contributed by atoms with Gasteiger partial charge in [-0.2, -0.15) is 5.26 Å². The van der Waals surface area contributed by atoms with Crippen LogP contribution in [0, 0.1) is 11.3 Å². The molecule has 4 heterocycles. The highest BCUT2D eigenvalue weighted by Crippen LogP contribution is 2.38. The van der Waals surface area contributed by atoms with Crippen molar-refractivity contribution in [2.45, 2.75) is 0 Å². The Bertz CT molecular complexity index is 2560. The molecule has 0 bridgehead atoms. The van der Waals surface area contributed by atoms with E-state index in [-0.39, 0.29) is 0 Å². The fourth-order valence-electron chi connectivity index (χ4n) is 6.85. The summed E-state index contributed by atoms with van der Waals surface area (Å²) in [6.07, 6.45) is 1.84. The molecule has 9 rings (SSSR count). The molecular formula is C41H25N5. The number of aromatic nitrogens is 4. The second-order valence-corrected chi connectivity index (χ2v) is 11.4. The van der Waals surface area contributed by atoms with E-state index in [0.29, 0.717) is 5.56 Å². The van der Waals surface area contributed by atoms with Gasteiger partial charge in [0.25, 0.3) is 0 Å². The molecule has 0 aliphatic heterocycles.